The van der Waals surface area contributed by atoms with Crippen molar-refractivity contribution in [3.63, 3.8) is 0 Å². The van der Waals surface area contributed by atoms with E-state index in [1.165, 1.54) is 16.7 Å². The Balaban J connectivity index is 2.47. The Morgan fingerprint density at radius 3 is 2.12 bits per heavy atom. The normalized spacial score (nSPS) is 18.2. The van der Waals surface area contributed by atoms with Gasteiger partial charge in [-0.3, -0.25) is 0 Å². The summed E-state index contributed by atoms with van der Waals surface area (Å²) in [5, 5.41) is 0. The van der Waals surface area contributed by atoms with Crippen molar-refractivity contribution in [3.05, 3.63) is 34.7 Å². The standard InChI is InChI=1S/C14H21N3/c1-9(2)10-7-11-12(8-10)14(17(5)6)15-13(11)16(3)4/h7-9H,1-6H3. The Morgan fingerprint density at radius 2 is 1.65 bits per heavy atom. The number of amidine groups is 1. The Kier molecular flexibility index (Phi) is 2.86. The SMILES string of the molecule is CC(C)C1=CC2=C(N(C)C)N=C(N(C)C)C2=C1. The lowest BCUT2D eigenvalue weighted by Crippen LogP contribution is -2.22. The van der Waals surface area contributed by atoms with Crippen LogP contribution in [0.2, 0.25) is 0 Å². The molecule has 1 heterocycles. The maximum Gasteiger partial charge on any atom is 0.138 e. The molecule has 2 rings (SSSR count). The van der Waals surface area contributed by atoms with E-state index < -0.39 is 0 Å². The largest absolute Gasteiger partial charge is 0.362 e. The second kappa shape index (κ2) is 4.06. The number of hydrogen-bond acceptors (Lipinski definition) is 3. The van der Waals surface area contributed by atoms with Crippen molar-refractivity contribution in [3.8, 4) is 0 Å². The first-order chi connectivity index (χ1) is 7.91. The van der Waals surface area contributed by atoms with Crippen LogP contribution in [0.15, 0.2) is 39.7 Å². The minimum absolute atomic E-state index is 0.562. The van der Waals surface area contributed by atoms with Crippen LogP contribution in [-0.2, 0) is 0 Å². The van der Waals surface area contributed by atoms with E-state index in [2.05, 4.69) is 35.8 Å². The Bertz CT molecular complexity index is 460. The molecule has 0 aromatic heterocycles. The maximum atomic E-state index is 4.70. The molecule has 1 aliphatic carbocycles. The van der Waals surface area contributed by atoms with Gasteiger partial charge in [0.15, 0.2) is 0 Å². The number of fused-ring (bicyclic) bond motifs is 1. The van der Waals surface area contributed by atoms with Gasteiger partial charge in [-0.2, -0.15) is 0 Å². The summed E-state index contributed by atoms with van der Waals surface area (Å²) in [7, 11) is 8.18. The molecule has 0 fully saturated rings. The van der Waals surface area contributed by atoms with Crippen LogP contribution in [0.5, 0.6) is 0 Å². The molecule has 0 spiro atoms. The van der Waals surface area contributed by atoms with E-state index in [-0.39, 0.29) is 0 Å². The highest BCUT2D eigenvalue weighted by atomic mass is 15.2. The number of allylic oxidation sites excluding steroid dienone is 3. The maximum absolute atomic E-state index is 4.70. The zero-order chi connectivity index (χ0) is 12.7. The average molecular weight is 231 g/mol. The van der Waals surface area contributed by atoms with Crippen LogP contribution >= 0.6 is 0 Å². The number of rotatable bonds is 2. The van der Waals surface area contributed by atoms with E-state index in [1.807, 2.05) is 28.2 Å². The predicted octanol–water partition coefficient (Wildman–Crippen LogP) is 2.26. The van der Waals surface area contributed by atoms with Gasteiger partial charge in [-0.25, -0.2) is 4.99 Å². The summed E-state index contributed by atoms with van der Waals surface area (Å²) in [5.74, 6) is 2.69. The first-order valence-electron chi connectivity index (χ1n) is 6.03. The molecule has 0 aromatic carbocycles. The highest BCUT2D eigenvalue weighted by Gasteiger charge is 2.29. The van der Waals surface area contributed by atoms with Crippen LogP contribution in [0.3, 0.4) is 0 Å². The minimum atomic E-state index is 0.562. The minimum Gasteiger partial charge on any atom is -0.362 e. The zero-order valence-electron chi connectivity index (χ0n) is 11.6. The molecule has 0 bridgehead atoms. The average Bonchev–Trinajstić information content (AvgIpc) is 2.72. The molecule has 3 heteroatoms. The summed E-state index contributed by atoms with van der Waals surface area (Å²) in [6.07, 6.45) is 4.55. The van der Waals surface area contributed by atoms with E-state index in [0.29, 0.717) is 5.92 Å². The molecule has 92 valence electrons. The molecule has 0 radical (unpaired) electrons. The summed E-state index contributed by atoms with van der Waals surface area (Å²) in [6.45, 7) is 4.46. The topological polar surface area (TPSA) is 18.8 Å². The molecule has 0 aromatic rings. The molecule has 0 amide bonds. The van der Waals surface area contributed by atoms with Gasteiger partial charge >= 0.3 is 0 Å². The van der Waals surface area contributed by atoms with E-state index in [0.717, 1.165) is 11.7 Å². The molecule has 0 unspecified atom stereocenters. The molecule has 3 nitrogen and oxygen atoms in total. The Morgan fingerprint density at radius 1 is 1.00 bits per heavy atom. The fraction of sp³-hybridized carbons (Fsp3) is 0.500. The number of likely N-dealkylation sites (N-methyl/N-ethyl adjacent to an activating group) is 1. The lowest BCUT2D eigenvalue weighted by atomic mass is 10.1. The molecular formula is C14H21N3. The van der Waals surface area contributed by atoms with Crippen LogP contribution in [0.1, 0.15) is 13.8 Å². The highest BCUT2D eigenvalue weighted by Crippen LogP contribution is 2.36. The zero-order valence-corrected chi connectivity index (χ0v) is 11.6. The van der Waals surface area contributed by atoms with Crippen molar-refractivity contribution < 1.29 is 0 Å². The molecule has 1 aliphatic heterocycles. The summed E-state index contributed by atoms with van der Waals surface area (Å²) >= 11 is 0. The van der Waals surface area contributed by atoms with Crippen LogP contribution in [0.4, 0.5) is 0 Å². The molecule has 2 aliphatic rings. The predicted molar refractivity (Wildman–Crippen MR) is 72.8 cm³/mol. The van der Waals surface area contributed by atoms with Crippen molar-refractivity contribution >= 4 is 5.84 Å². The van der Waals surface area contributed by atoms with Crippen LogP contribution < -0.4 is 0 Å². The second-order valence-electron chi connectivity index (χ2n) is 5.32. The van der Waals surface area contributed by atoms with Crippen LogP contribution in [0, 0.1) is 5.92 Å². The number of aliphatic imine (C=N–C) groups is 1. The molecule has 0 saturated carbocycles. The lowest BCUT2D eigenvalue weighted by molar-refractivity contribution is 0.503. The smallest absolute Gasteiger partial charge is 0.138 e. The quantitative estimate of drug-likeness (QED) is 0.726. The number of hydrogen-bond donors (Lipinski definition) is 0. The Labute approximate surface area is 104 Å². The molecular weight excluding hydrogens is 210 g/mol. The highest BCUT2D eigenvalue weighted by molar-refractivity contribution is 6.07. The third-order valence-corrected chi connectivity index (χ3v) is 3.12. The van der Waals surface area contributed by atoms with Gasteiger partial charge in [0.1, 0.15) is 11.7 Å². The summed E-state index contributed by atoms with van der Waals surface area (Å²) < 4.78 is 0. The van der Waals surface area contributed by atoms with E-state index >= 15 is 0 Å². The van der Waals surface area contributed by atoms with Gasteiger partial charge in [-0.15, -0.1) is 0 Å². The van der Waals surface area contributed by atoms with Crippen molar-refractivity contribution in [2.75, 3.05) is 28.2 Å². The van der Waals surface area contributed by atoms with Gasteiger partial charge < -0.3 is 9.80 Å². The molecule has 0 N–H and O–H groups in total. The van der Waals surface area contributed by atoms with Crippen LogP contribution in [0.25, 0.3) is 0 Å². The fourth-order valence-electron chi connectivity index (χ4n) is 2.14. The first-order valence-corrected chi connectivity index (χ1v) is 6.03. The number of nitrogens with zero attached hydrogens (tertiary/aromatic N) is 3. The molecule has 17 heavy (non-hydrogen) atoms. The van der Waals surface area contributed by atoms with Crippen molar-refractivity contribution in [1.82, 2.24) is 9.80 Å². The monoisotopic (exact) mass is 231 g/mol. The third kappa shape index (κ3) is 1.90. The van der Waals surface area contributed by atoms with Gasteiger partial charge in [0, 0.05) is 39.3 Å². The van der Waals surface area contributed by atoms with E-state index in [1.54, 1.807) is 0 Å². The van der Waals surface area contributed by atoms with E-state index in [4.69, 9.17) is 4.99 Å². The van der Waals surface area contributed by atoms with Gasteiger partial charge in [-0.1, -0.05) is 13.8 Å². The van der Waals surface area contributed by atoms with Crippen molar-refractivity contribution in [2.24, 2.45) is 10.9 Å². The summed E-state index contributed by atoms with van der Waals surface area (Å²) in [4.78, 5) is 8.87. The second-order valence-corrected chi connectivity index (χ2v) is 5.32. The fourth-order valence-corrected chi connectivity index (χ4v) is 2.14. The van der Waals surface area contributed by atoms with Gasteiger partial charge in [0.05, 0.1) is 0 Å². The third-order valence-electron chi connectivity index (χ3n) is 3.12. The van der Waals surface area contributed by atoms with Crippen molar-refractivity contribution in [2.45, 2.75) is 13.8 Å². The summed E-state index contributed by atoms with van der Waals surface area (Å²) in [6, 6.07) is 0. The van der Waals surface area contributed by atoms with Gasteiger partial charge in [0.2, 0.25) is 0 Å². The lowest BCUT2D eigenvalue weighted by Gasteiger charge is -2.14. The van der Waals surface area contributed by atoms with Crippen LogP contribution in [-0.4, -0.2) is 43.8 Å². The molecule has 0 saturated heterocycles. The summed E-state index contributed by atoms with van der Waals surface area (Å²) in [5.41, 5.74) is 3.92. The van der Waals surface area contributed by atoms with Gasteiger partial charge in [0.25, 0.3) is 0 Å². The Hall–Kier alpha value is -1.51. The van der Waals surface area contributed by atoms with E-state index in [9.17, 15) is 0 Å². The van der Waals surface area contributed by atoms with Crippen molar-refractivity contribution in [1.29, 1.82) is 0 Å². The molecule has 0 atom stereocenters. The van der Waals surface area contributed by atoms with Gasteiger partial charge in [-0.05, 0) is 23.6 Å². The first kappa shape index (κ1) is 12.0.